The Bertz CT molecular complexity index is 4140. The molecule has 0 amide bonds. The first-order chi connectivity index (χ1) is 42.5. The third kappa shape index (κ3) is 19.0. The number of hydrogen-bond acceptors (Lipinski definition) is 13. The van der Waals surface area contributed by atoms with Crippen molar-refractivity contribution in [3.63, 3.8) is 0 Å². The minimum absolute atomic E-state index is 0.0540. The molecule has 0 spiro atoms. The van der Waals surface area contributed by atoms with Crippen molar-refractivity contribution in [3.05, 3.63) is 261 Å². The van der Waals surface area contributed by atoms with Crippen molar-refractivity contribution < 1.29 is 62.3 Å². The molecular weight excluding hydrogens is 1260 g/mol. The van der Waals surface area contributed by atoms with Crippen molar-refractivity contribution in [2.45, 2.75) is 80.7 Å². The summed E-state index contributed by atoms with van der Waals surface area (Å²) in [5.74, 6) is -0.610. The molecule has 0 unspecified atom stereocenters. The maximum atomic E-state index is 13.2. The van der Waals surface area contributed by atoms with Crippen LogP contribution in [0, 0.1) is 0 Å². The number of benzene rings is 8. The SMILES string of the molecule is CC(C)Nc1ccc(S(=O)(=O)Nc2ccc(Cl)cc2C(=O)c2ccccc2)cc1.CC(C)Oc1ccc(S(=O)(=O)Nc2ccc(C(F)(F)F)cc2C(=O)c2ccccc2)cc1.CC(C)Oc1ccc(S(=O)(=O)Nc2ccc(Cl)cc2C(=O)c2ccccc2)cn1. The number of halogens is 5. The summed E-state index contributed by atoms with van der Waals surface area (Å²) >= 11 is 12.1. The molecule has 0 aliphatic rings. The molecule has 9 aromatic rings. The van der Waals surface area contributed by atoms with Gasteiger partial charge in [-0.2, -0.15) is 13.2 Å². The molecule has 9 rings (SSSR count). The number of aromatic nitrogens is 1. The number of nitrogens with one attached hydrogen (secondary N) is 4. The van der Waals surface area contributed by atoms with Gasteiger partial charge in [0.2, 0.25) is 5.88 Å². The number of alkyl halides is 3. The van der Waals surface area contributed by atoms with E-state index in [1.54, 1.807) is 91.0 Å². The van der Waals surface area contributed by atoms with Gasteiger partial charge >= 0.3 is 6.18 Å². The summed E-state index contributed by atoms with van der Waals surface area (Å²) in [5, 5.41) is 3.87. The number of carbonyl (C=O) groups excluding carboxylic acids is 3. The molecule has 0 fully saturated rings. The predicted molar refractivity (Wildman–Crippen MR) is 344 cm³/mol. The van der Waals surface area contributed by atoms with Crippen molar-refractivity contribution in [2.24, 2.45) is 0 Å². The lowest BCUT2D eigenvalue weighted by Gasteiger charge is -2.15. The molecule has 24 heteroatoms. The van der Waals surface area contributed by atoms with Crippen LogP contribution in [0.4, 0.5) is 35.9 Å². The monoisotopic (exact) mass is 1320 g/mol. The van der Waals surface area contributed by atoms with Crippen LogP contribution in [0.2, 0.25) is 10.0 Å². The van der Waals surface area contributed by atoms with E-state index in [0.29, 0.717) is 38.9 Å². The van der Waals surface area contributed by atoms with Gasteiger partial charge in [-0.25, -0.2) is 30.2 Å². The Morgan fingerprint density at radius 1 is 0.444 bits per heavy atom. The van der Waals surface area contributed by atoms with E-state index in [-0.39, 0.29) is 78.3 Å². The topological polar surface area (TPSA) is 233 Å². The van der Waals surface area contributed by atoms with Crippen LogP contribution in [0.1, 0.15) is 94.9 Å². The van der Waals surface area contributed by atoms with Gasteiger partial charge in [0.15, 0.2) is 17.3 Å². The zero-order valence-corrected chi connectivity index (χ0v) is 53.0. The number of carbonyl (C=O) groups is 3. The molecule has 468 valence electrons. The van der Waals surface area contributed by atoms with Gasteiger partial charge in [-0.3, -0.25) is 28.5 Å². The summed E-state index contributed by atoms with van der Waals surface area (Å²) in [4.78, 5) is 42.6. The smallest absolute Gasteiger partial charge is 0.416 e. The Kier molecular flexibility index (Phi) is 22.8. The number of ketones is 3. The van der Waals surface area contributed by atoms with Crippen molar-refractivity contribution >= 4 is 93.4 Å². The normalized spacial score (nSPS) is 11.5. The maximum absolute atomic E-state index is 13.2. The van der Waals surface area contributed by atoms with Gasteiger partial charge in [-0.1, -0.05) is 114 Å². The van der Waals surface area contributed by atoms with E-state index >= 15 is 0 Å². The van der Waals surface area contributed by atoms with E-state index in [0.717, 1.165) is 17.8 Å². The predicted octanol–water partition coefficient (Wildman–Crippen LogP) is 15.3. The molecule has 0 aliphatic heterocycles. The number of hydrogen-bond donors (Lipinski definition) is 4. The number of nitrogens with zero attached hydrogens (tertiary/aromatic N) is 1. The molecule has 16 nitrogen and oxygen atoms in total. The molecule has 0 aliphatic carbocycles. The molecular formula is C66H60Cl2F3N5O11S3. The van der Waals surface area contributed by atoms with Crippen LogP contribution in [0.25, 0.3) is 0 Å². The van der Waals surface area contributed by atoms with E-state index in [1.165, 1.54) is 103 Å². The highest BCUT2D eigenvalue weighted by molar-refractivity contribution is 7.93. The fourth-order valence-electron chi connectivity index (χ4n) is 8.30. The molecule has 0 saturated carbocycles. The number of anilines is 4. The summed E-state index contributed by atoms with van der Waals surface area (Å²) in [6, 6.07) is 51.1. The second-order valence-corrected chi connectivity index (χ2v) is 26.4. The lowest BCUT2D eigenvalue weighted by molar-refractivity contribution is -0.137. The maximum Gasteiger partial charge on any atom is 0.416 e. The fraction of sp³-hybridized carbons (Fsp3) is 0.152. The molecule has 4 N–H and O–H groups in total. The van der Waals surface area contributed by atoms with Crippen molar-refractivity contribution in [1.82, 2.24) is 4.98 Å². The van der Waals surface area contributed by atoms with Crippen LogP contribution in [0.15, 0.2) is 227 Å². The first-order valence-corrected chi connectivity index (χ1v) is 32.6. The zero-order valence-electron chi connectivity index (χ0n) is 49.0. The Labute approximate surface area is 530 Å². The van der Waals surface area contributed by atoms with Gasteiger partial charge < -0.3 is 14.8 Å². The number of sulfonamides is 3. The average molecular weight is 1320 g/mol. The Morgan fingerprint density at radius 2 is 0.811 bits per heavy atom. The highest BCUT2D eigenvalue weighted by Crippen LogP contribution is 2.35. The highest BCUT2D eigenvalue weighted by atomic mass is 35.5. The summed E-state index contributed by atoms with van der Waals surface area (Å²) in [6.45, 7) is 11.3. The quantitative estimate of drug-likeness (QED) is 0.0491. The Hall–Kier alpha value is -9.06. The molecule has 0 bridgehead atoms. The van der Waals surface area contributed by atoms with Crippen LogP contribution in [0.5, 0.6) is 11.6 Å². The third-order valence-corrected chi connectivity index (χ3v) is 17.0. The van der Waals surface area contributed by atoms with Crippen LogP contribution in [-0.2, 0) is 36.2 Å². The van der Waals surface area contributed by atoms with E-state index in [2.05, 4.69) is 24.5 Å². The Morgan fingerprint density at radius 3 is 1.18 bits per heavy atom. The largest absolute Gasteiger partial charge is 0.491 e. The van der Waals surface area contributed by atoms with Gasteiger partial charge in [-0.15, -0.1) is 0 Å². The summed E-state index contributed by atoms with van der Waals surface area (Å²) in [7, 11) is -12.0. The molecule has 0 saturated heterocycles. The number of pyridine rings is 1. The second kappa shape index (κ2) is 30.0. The number of rotatable bonds is 21. The second-order valence-electron chi connectivity index (χ2n) is 20.5. The molecule has 1 heterocycles. The molecule has 1 aromatic heterocycles. The minimum atomic E-state index is -4.70. The first-order valence-electron chi connectivity index (χ1n) is 27.4. The van der Waals surface area contributed by atoms with E-state index < -0.39 is 53.2 Å². The molecule has 8 aromatic carbocycles. The third-order valence-electron chi connectivity index (χ3n) is 12.4. The van der Waals surface area contributed by atoms with Gasteiger partial charge in [-0.05, 0) is 151 Å². The average Bonchev–Trinajstić information content (AvgIpc) is 0.908. The van der Waals surface area contributed by atoms with Crippen LogP contribution in [0.3, 0.4) is 0 Å². The first kappa shape index (κ1) is 68.4. The number of ether oxygens (including phenoxy) is 2. The molecule has 0 radical (unpaired) electrons. The fourth-order valence-corrected chi connectivity index (χ4v) is 11.8. The van der Waals surface area contributed by atoms with E-state index in [9.17, 15) is 52.8 Å². The molecule has 0 atom stereocenters. The molecule has 90 heavy (non-hydrogen) atoms. The van der Waals surface area contributed by atoms with E-state index in [4.69, 9.17) is 32.7 Å². The van der Waals surface area contributed by atoms with Gasteiger partial charge in [0.1, 0.15) is 10.6 Å². The van der Waals surface area contributed by atoms with Gasteiger partial charge in [0, 0.05) is 61.2 Å². The summed E-state index contributed by atoms with van der Waals surface area (Å²) in [6.07, 6.45) is -3.68. The van der Waals surface area contributed by atoms with Crippen molar-refractivity contribution in [1.29, 1.82) is 0 Å². The Balaban J connectivity index is 0.000000192. The van der Waals surface area contributed by atoms with Crippen LogP contribution < -0.4 is 29.0 Å². The lowest BCUT2D eigenvalue weighted by atomic mass is 9.99. The minimum Gasteiger partial charge on any atom is -0.491 e. The zero-order chi connectivity index (χ0) is 65.6. The standard InChI is InChI=1S/C23H20F3NO4S.C22H21ClN2O3S.C21H19ClN2O4S/c1-15(2)31-18-9-11-19(12-10-18)32(29,30)27-21-13-8-17(23(24,25)26)14-20(21)22(28)16-6-4-3-5-7-16;1-15(2)24-18-9-11-19(12-10-18)29(27,28)25-21-13-8-17(23)14-20(21)22(26)16-6-4-3-5-7-16;1-14(2)28-20-11-9-17(13-23-20)29(26,27)24-19-10-8-16(22)12-18(19)21(25)15-6-4-3-5-7-15/h3-15,27H,1-2H3;3-15,24-25H,1-2H3;3-14,24H,1-2H3. The van der Waals surface area contributed by atoms with Crippen molar-refractivity contribution in [2.75, 3.05) is 19.5 Å². The van der Waals surface area contributed by atoms with E-state index in [1.807, 2.05) is 41.5 Å². The van der Waals surface area contributed by atoms with Crippen LogP contribution >= 0.6 is 23.2 Å². The lowest BCUT2D eigenvalue weighted by Crippen LogP contribution is -2.17. The highest BCUT2D eigenvalue weighted by Gasteiger charge is 2.33. The van der Waals surface area contributed by atoms with Gasteiger partial charge in [0.05, 0.1) is 50.8 Å². The van der Waals surface area contributed by atoms with Crippen LogP contribution in [-0.4, -0.2) is 65.8 Å². The summed E-state index contributed by atoms with van der Waals surface area (Å²) in [5.41, 5.74) is 0.738. The summed E-state index contributed by atoms with van der Waals surface area (Å²) < 4.78 is 135. The van der Waals surface area contributed by atoms with Crippen molar-refractivity contribution in [3.8, 4) is 11.6 Å². The van der Waals surface area contributed by atoms with Gasteiger partial charge in [0.25, 0.3) is 30.1 Å².